The molecule has 0 radical (unpaired) electrons. The van der Waals surface area contributed by atoms with Gasteiger partial charge in [-0.3, -0.25) is 4.79 Å². The van der Waals surface area contributed by atoms with E-state index in [4.69, 9.17) is 21.8 Å². The molecule has 196 valence electrons. The van der Waals surface area contributed by atoms with Crippen LogP contribution >= 0.6 is 11.6 Å². The molecule has 0 bridgehead atoms. The summed E-state index contributed by atoms with van der Waals surface area (Å²) < 4.78 is 47.5. The van der Waals surface area contributed by atoms with Crippen molar-refractivity contribution in [3.05, 3.63) is 58.7 Å². The summed E-state index contributed by atoms with van der Waals surface area (Å²) in [5.41, 5.74) is 6.18. The van der Waals surface area contributed by atoms with E-state index in [-0.39, 0.29) is 28.6 Å². The maximum absolute atomic E-state index is 15.4. The maximum atomic E-state index is 15.4. The number of amides is 1. The fraction of sp³-hybridized carbons (Fsp3) is 0.400. The smallest absolute Gasteiger partial charge is 0.250 e. The van der Waals surface area contributed by atoms with Gasteiger partial charge in [0.15, 0.2) is 9.84 Å². The van der Waals surface area contributed by atoms with Crippen LogP contribution < -0.4 is 10.6 Å². The van der Waals surface area contributed by atoms with Crippen LogP contribution in [0, 0.1) is 5.82 Å². The Balaban J connectivity index is 1.61. The molecule has 1 aromatic heterocycles. The number of carbonyl (C=O) groups excluding carboxylic acids is 1. The molecule has 9 nitrogen and oxygen atoms in total. The second kappa shape index (κ2) is 9.46. The molecule has 3 aromatic rings. The summed E-state index contributed by atoms with van der Waals surface area (Å²) in [6.07, 6.45) is 1.79. The molecule has 12 heteroatoms. The number of aromatic nitrogens is 2. The normalized spacial score (nSPS) is 24.1. The highest BCUT2D eigenvalue weighted by Gasteiger charge is 2.39. The molecular weight excluding hydrogens is 521 g/mol. The predicted molar refractivity (Wildman–Crippen MR) is 136 cm³/mol. The summed E-state index contributed by atoms with van der Waals surface area (Å²) in [4.78, 5) is 16.4. The van der Waals surface area contributed by atoms with Crippen LogP contribution in [-0.2, 0) is 26.6 Å². The molecule has 2 aromatic carbocycles. The number of hydrogen-bond donors (Lipinski definition) is 1. The van der Waals surface area contributed by atoms with Gasteiger partial charge in [0.1, 0.15) is 5.82 Å². The first-order valence-electron chi connectivity index (χ1n) is 11.9. The van der Waals surface area contributed by atoms with Gasteiger partial charge in [-0.05, 0) is 63.2 Å². The van der Waals surface area contributed by atoms with Crippen LogP contribution in [0.5, 0.6) is 0 Å². The number of carbonyl (C=O) groups is 1. The van der Waals surface area contributed by atoms with Gasteiger partial charge in [-0.25, -0.2) is 12.8 Å². The second-order valence-corrected chi connectivity index (χ2v) is 12.5. The van der Waals surface area contributed by atoms with Crippen LogP contribution in [0.1, 0.15) is 31.2 Å². The number of likely N-dealkylation sites (N-methyl/N-ethyl adjacent to an activating group) is 1. The molecule has 0 saturated carbocycles. The molecule has 2 N–H and O–H groups in total. The molecule has 1 amide bonds. The average Bonchev–Trinajstić information content (AvgIpc) is 3.32. The van der Waals surface area contributed by atoms with E-state index in [1.807, 2.05) is 14.0 Å². The van der Waals surface area contributed by atoms with Crippen molar-refractivity contribution in [3.8, 4) is 11.5 Å². The van der Waals surface area contributed by atoms with Crippen LogP contribution in [0.3, 0.4) is 0 Å². The summed E-state index contributed by atoms with van der Waals surface area (Å²) in [6, 6.07) is 7.63. The molecule has 3 heterocycles. The Morgan fingerprint density at radius 1 is 1.24 bits per heavy atom. The zero-order valence-corrected chi connectivity index (χ0v) is 22.0. The summed E-state index contributed by atoms with van der Waals surface area (Å²) in [5.74, 6) is -1.79. The molecule has 1 fully saturated rings. The Bertz CT molecular complexity index is 1460. The Morgan fingerprint density at radius 2 is 1.97 bits per heavy atom. The first-order chi connectivity index (χ1) is 17.5. The van der Waals surface area contributed by atoms with Crippen LogP contribution in [0.4, 0.5) is 10.1 Å². The zero-order chi connectivity index (χ0) is 26.5. The van der Waals surface area contributed by atoms with Crippen molar-refractivity contribution < 1.29 is 22.0 Å². The van der Waals surface area contributed by atoms with Crippen LogP contribution in [0.25, 0.3) is 11.5 Å². The monoisotopic (exact) mass is 547 g/mol. The van der Waals surface area contributed by atoms with Gasteiger partial charge in [-0.2, -0.15) is 0 Å². The third kappa shape index (κ3) is 4.88. The first kappa shape index (κ1) is 25.8. The third-order valence-electron chi connectivity index (χ3n) is 6.97. The van der Waals surface area contributed by atoms with Crippen LogP contribution in [-0.4, -0.2) is 61.4 Å². The SMILES string of the molecule is CN1CCCC(C)(c2nnc(-c3cc4c(cc3F)S(=O)(=O)C[C@H](N)C(=O)N4Cc3ccc(Cl)cc3)o2)C1. The number of benzene rings is 2. The minimum Gasteiger partial charge on any atom is -0.420 e. The van der Waals surface area contributed by atoms with Crippen molar-refractivity contribution in [3.63, 3.8) is 0 Å². The van der Waals surface area contributed by atoms with Crippen molar-refractivity contribution in [2.24, 2.45) is 5.73 Å². The molecule has 1 saturated heterocycles. The van der Waals surface area contributed by atoms with Gasteiger partial charge in [-0.1, -0.05) is 23.7 Å². The second-order valence-electron chi connectivity index (χ2n) is 10.1. The van der Waals surface area contributed by atoms with E-state index >= 15 is 4.39 Å². The van der Waals surface area contributed by atoms with Gasteiger partial charge in [0.2, 0.25) is 11.8 Å². The molecule has 1 unspecified atom stereocenters. The fourth-order valence-corrected chi connectivity index (χ4v) is 6.75. The number of hydrogen-bond acceptors (Lipinski definition) is 8. The van der Waals surface area contributed by atoms with Crippen molar-refractivity contribution in [2.75, 3.05) is 30.8 Å². The molecule has 2 aliphatic rings. The largest absolute Gasteiger partial charge is 0.420 e. The van der Waals surface area contributed by atoms with Crippen molar-refractivity contribution in [1.29, 1.82) is 0 Å². The van der Waals surface area contributed by atoms with Gasteiger partial charge in [-0.15, -0.1) is 10.2 Å². The Hall–Kier alpha value is -2.86. The number of anilines is 1. The molecular formula is C25H27ClFN5O4S. The number of nitrogens with two attached hydrogens (primary N) is 1. The lowest BCUT2D eigenvalue weighted by Gasteiger charge is -2.35. The van der Waals surface area contributed by atoms with Crippen molar-refractivity contribution in [2.45, 2.75) is 42.7 Å². The Labute approximate surface area is 219 Å². The number of rotatable bonds is 4. The molecule has 2 atom stereocenters. The quantitative estimate of drug-likeness (QED) is 0.528. The van der Waals surface area contributed by atoms with Crippen LogP contribution in [0.2, 0.25) is 5.02 Å². The van der Waals surface area contributed by atoms with E-state index in [1.165, 1.54) is 11.0 Å². The Morgan fingerprint density at radius 3 is 2.68 bits per heavy atom. The fourth-order valence-electron chi connectivity index (χ4n) is 5.06. The van der Waals surface area contributed by atoms with Gasteiger partial charge in [0, 0.05) is 11.6 Å². The predicted octanol–water partition coefficient (Wildman–Crippen LogP) is 3.16. The van der Waals surface area contributed by atoms with Gasteiger partial charge in [0.05, 0.1) is 39.9 Å². The lowest BCUT2D eigenvalue weighted by atomic mass is 9.82. The summed E-state index contributed by atoms with van der Waals surface area (Å²) >= 11 is 5.99. The highest BCUT2D eigenvalue weighted by molar-refractivity contribution is 7.91. The van der Waals surface area contributed by atoms with Gasteiger partial charge >= 0.3 is 0 Å². The van der Waals surface area contributed by atoms with Gasteiger partial charge < -0.3 is 20.0 Å². The molecule has 2 aliphatic heterocycles. The molecule has 37 heavy (non-hydrogen) atoms. The number of sulfone groups is 1. The number of fused-ring (bicyclic) bond motifs is 1. The summed E-state index contributed by atoms with van der Waals surface area (Å²) in [5, 5.41) is 8.80. The van der Waals surface area contributed by atoms with E-state index in [1.54, 1.807) is 24.3 Å². The first-order valence-corrected chi connectivity index (χ1v) is 13.9. The van der Waals surface area contributed by atoms with Gasteiger partial charge in [0.25, 0.3) is 5.89 Å². The molecule has 5 rings (SSSR count). The van der Waals surface area contributed by atoms with E-state index in [2.05, 4.69) is 15.1 Å². The van der Waals surface area contributed by atoms with E-state index < -0.39 is 38.8 Å². The minimum atomic E-state index is -4.06. The number of nitrogens with zero attached hydrogens (tertiary/aromatic N) is 4. The number of likely N-dealkylation sites (tertiary alicyclic amines) is 1. The Kier molecular flexibility index (Phi) is 6.59. The standard InChI is InChI=1S/C25H27ClFN5O4S/c1-25(8-3-9-31(2)14-25)24-30-29-22(36-24)17-10-20-21(11-18(17)27)37(34,35)13-19(28)23(33)32(20)12-15-4-6-16(26)7-5-15/h4-7,10-11,19H,3,8-9,12-14,28H2,1-2H3/t19-,25?/m0/s1. The average molecular weight is 548 g/mol. The third-order valence-corrected chi connectivity index (χ3v) is 9.02. The lowest BCUT2D eigenvalue weighted by Crippen LogP contribution is -2.45. The minimum absolute atomic E-state index is 0.00709. The van der Waals surface area contributed by atoms with E-state index in [0.717, 1.165) is 25.5 Å². The summed E-state index contributed by atoms with van der Waals surface area (Å²) in [7, 11) is -2.05. The van der Waals surface area contributed by atoms with E-state index in [0.29, 0.717) is 23.0 Å². The molecule has 0 aliphatic carbocycles. The van der Waals surface area contributed by atoms with Crippen molar-refractivity contribution in [1.82, 2.24) is 15.1 Å². The maximum Gasteiger partial charge on any atom is 0.250 e. The zero-order valence-electron chi connectivity index (χ0n) is 20.4. The van der Waals surface area contributed by atoms with E-state index in [9.17, 15) is 13.2 Å². The molecule has 0 spiro atoms. The van der Waals surface area contributed by atoms with Crippen LogP contribution in [0.15, 0.2) is 45.7 Å². The number of halogens is 2. The number of piperidine rings is 1. The van der Waals surface area contributed by atoms with Crippen molar-refractivity contribution >= 4 is 33.0 Å². The highest BCUT2D eigenvalue weighted by Crippen LogP contribution is 2.39. The highest BCUT2D eigenvalue weighted by atomic mass is 35.5. The lowest BCUT2D eigenvalue weighted by molar-refractivity contribution is -0.119. The summed E-state index contributed by atoms with van der Waals surface area (Å²) in [6.45, 7) is 3.70. The topological polar surface area (TPSA) is 123 Å².